The summed E-state index contributed by atoms with van der Waals surface area (Å²) in [4.78, 5) is 0. The van der Waals surface area contributed by atoms with Gasteiger partial charge in [-0.2, -0.15) is 13.2 Å². The molecule has 0 radical (unpaired) electrons. The predicted octanol–water partition coefficient (Wildman–Crippen LogP) is 4.22. The third kappa shape index (κ3) is 2.51. The highest BCUT2D eigenvalue weighted by Gasteiger charge is 2.34. The zero-order valence-electron chi connectivity index (χ0n) is 7.40. The van der Waals surface area contributed by atoms with Crippen LogP contribution < -0.4 is 0 Å². The van der Waals surface area contributed by atoms with Crippen LogP contribution in [-0.2, 0) is 0 Å². The third-order valence-corrected chi connectivity index (χ3v) is 2.28. The summed E-state index contributed by atoms with van der Waals surface area (Å²) in [5.74, 6) is 0. The van der Waals surface area contributed by atoms with Gasteiger partial charge in [0.05, 0.1) is 0 Å². The van der Waals surface area contributed by atoms with Gasteiger partial charge in [0, 0.05) is 0 Å². The normalized spacial score (nSPS) is 13.8. The number of hydrogen-bond donors (Lipinski definition) is 0. The van der Waals surface area contributed by atoms with Crippen LogP contribution in [0.5, 0.6) is 0 Å². The standard InChI is InChI=1S/C10H8ClF3/c1-7(9(11)10(12,13)14)8-5-3-2-4-6-8/h2-6H,1H3/b9-7+. The average Bonchev–Trinajstić information content (AvgIpc) is 2.15. The molecule has 14 heavy (non-hydrogen) atoms. The zero-order valence-corrected chi connectivity index (χ0v) is 8.15. The van der Waals surface area contributed by atoms with Gasteiger partial charge in [-0.05, 0) is 18.1 Å². The molecule has 0 amide bonds. The molecule has 0 spiro atoms. The Bertz CT molecular complexity index is 338. The lowest BCUT2D eigenvalue weighted by Gasteiger charge is -2.09. The molecule has 0 heterocycles. The fourth-order valence-corrected chi connectivity index (χ4v) is 1.14. The van der Waals surface area contributed by atoms with Crippen molar-refractivity contribution in [2.75, 3.05) is 0 Å². The highest BCUT2D eigenvalue weighted by atomic mass is 35.5. The van der Waals surface area contributed by atoms with E-state index in [9.17, 15) is 13.2 Å². The van der Waals surface area contributed by atoms with Crippen LogP contribution in [0.1, 0.15) is 12.5 Å². The Morgan fingerprint density at radius 2 is 1.64 bits per heavy atom. The molecule has 0 fully saturated rings. The van der Waals surface area contributed by atoms with Crippen molar-refractivity contribution in [2.24, 2.45) is 0 Å². The van der Waals surface area contributed by atoms with Crippen LogP contribution >= 0.6 is 11.6 Å². The summed E-state index contributed by atoms with van der Waals surface area (Å²) in [6.45, 7) is 1.35. The third-order valence-electron chi connectivity index (χ3n) is 1.78. The zero-order chi connectivity index (χ0) is 10.8. The molecule has 1 rings (SSSR count). The molecule has 0 saturated carbocycles. The molecule has 0 aliphatic carbocycles. The van der Waals surface area contributed by atoms with Gasteiger partial charge >= 0.3 is 6.18 Å². The molecule has 0 aliphatic heterocycles. The molecule has 4 heteroatoms. The number of benzene rings is 1. The van der Waals surface area contributed by atoms with Crippen molar-refractivity contribution in [3.8, 4) is 0 Å². The first-order valence-electron chi connectivity index (χ1n) is 3.92. The van der Waals surface area contributed by atoms with Crippen LogP contribution in [0.25, 0.3) is 5.57 Å². The van der Waals surface area contributed by atoms with Crippen molar-refractivity contribution < 1.29 is 13.2 Å². The summed E-state index contributed by atoms with van der Waals surface area (Å²) < 4.78 is 36.6. The SMILES string of the molecule is C/C(=C(\Cl)C(F)(F)F)c1ccccc1. The van der Waals surface area contributed by atoms with Crippen LogP contribution in [0.15, 0.2) is 35.4 Å². The van der Waals surface area contributed by atoms with Gasteiger partial charge in [-0.3, -0.25) is 0 Å². The first kappa shape index (κ1) is 11.1. The number of allylic oxidation sites excluding steroid dienone is 2. The fraction of sp³-hybridized carbons (Fsp3) is 0.200. The summed E-state index contributed by atoms with van der Waals surface area (Å²) in [6, 6.07) is 8.24. The van der Waals surface area contributed by atoms with E-state index < -0.39 is 11.2 Å². The first-order valence-corrected chi connectivity index (χ1v) is 4.29. The quantitative estimate of drug-likeness (QED) is 0.665. The summed E-state index contributed by atoms with van der Waals surface area (Å²) in [7, 11) is 0. The number of alkyl halides is 3. The van der Waals surface area contributed by atoms with E-state index in [-0.39, 0.29) is 5.57 Å². The minimum Gasteiger partial charge on any atom is -0.165 e. The second-order valence-corrected chi connectivity index (χ2v) is 3.18. The largest absolute Gasteiger partial charge is 0.427 e. The van der Waals surface area contributed by atoms with Crippen molar-refractivity contribution in [3.63, 3.8) is 0 Å². The summed E-state index contributed by atoms with van der Waals surface area (Å²) >= 11 is 5.20. The fourth-order valence-electron chi connectivity index (χ4n) is 1.03. The highest BCUT2D eigenvalue weighted by molar-refractivity contribution is 6.33. The number of rotatable bonds is 1. The molecular formula is C10H8ClF3. The van der Waals surface area contributed by atoms with E-state index in [1.807, 2.05) is 0 Å². The Morgan fingerprint density at radius 3 is 2.07 bits per heavy atom. The maximum Gasteiger partial charge on any atom is 0.427 e. The van der Waals surface area contributed by atoms with Gasteiger partial charge in [-0.15, -0.1) is 0 Å². The smallest absolute Gasteiger partial charge is 0.165 e. The molecule has 0 bridgehead atoms. The first-order chi connectivity index (χ1) is 6.43. The summed E-state index contributed by atoms with van der Waals surface area (Å²) in [6.07, 6.45) is -4.47. The monoisotopic (exact) mass is 220 g/mol. The van der Waals surface area contributed by atoms with E-state index in [4.69, 9.17) is 11.6 Å². The van der Waals surface area contributed by atoms with Gasteiger partial charge in [0.1, 0.15) is 5.03 Å². The van der Waals surface area contributed by atoms with Crippen LogP contribution in [-0.4, -0.2) is 6.18 Å². The van der Waals surface area contributed by atoms with Gasteiger partial charge < -0.3 is 0 Å². The molecule has 0 aromatic heterocycles. The molecule has 0 atom stereocenters. The second kappa shape index (κ2) is 4.05. The minimum atomic E-state index is -4.47. The van der Waals surface area contributed by atoms with E-state index in [1.165, 1.54) is 6.92 Å². The number of hydrogen-bond acceptors (Lipinski definition) is 0. The Labute approximate surface area is 85.0 Å². The molecule has 76 valence electrons. The van der Waals surface area contributed by atoms with Gasteiger partial charge in [-0.1, -0.05) is 41.9 Å². The van der Waals surface area contributed by atoms with Gasteiger partial charge in [0.25, 0.3) is 0 Å². The Morgan fingerprint density at radius 1 is 1.14 bits per heavy atom. The van der Waals surface area contributed by atoms with E-state index in [0.29, 0.717) is 5.56 Å². The second-order valence-electron chi connectivity index (χ2n) is 2.80. The molecule has 0 unspecified atom stereocenters. The van der Waals surface area contributed by atoms with Crippen LogP contribution in [0.3, 0.4) is 0 Å². The van der Waals surface area contributed by atoms with Gasteiger partial charge in [-0.25, -0.2) is 0 Å². The van der Waals surface area contributed by atoms with Gasteiger partial charge in [0.2, 0.25) is 0 Å². The Hall–Kier alpha value is -0.960. The molecule has 0 aliphatic rings. The van der Waals surface area contributed by atoms with E-state index in [2.05, 4.69) is 0 Å². The molecule has 0 saturated heterocycles. The maximum absolute atomic E-state index is 12.2. The van der Waals surface area contributed by atoms with Crippen LogP contribution in [0.2, 0.25) is 0 Å². The maximum atomic E-state index is 12.2. The average molecular weight is 221 g/mol. The lowest BCUT2D eigenvalue weighted by molar-refractivity contribution is -0.0840. The molecule has 1 aromatic carbocycles. The molecular weight excluding hydrogens is 213 g/mol. The predicted molar refractivity (Wildman–Crippen MR) is 50.9 cm³/mol. The molecule has 0 nitrogen and oxygen atoms in total. The van der Waals surface area contributed by atoms with E-state index in [1.54, 1.807) is 30.3 Å². The van der Waals surface area contributed by atoms with Crippen molar-refractivity contribution in [2.45, 2.75) is 13.1 Å². The Balaban J connectivity index is 3.12. The van der Waals surface area contributed by atoms with Crippen molar-refractivity contribution in [3.05, 3.63) is 40.9 Å². The van der Waals surface area contributed by atoms with Crippen molar-refractivity contribution >= 4 is 17.2 Å². The van der Waals surface area contributed by atoms with Crippen molar-refractivity contribution in [1.82, 2.24) is 0 Å². The Kier molecular flexibility index (Phi) is 3.21. The lowest BCUT2D eigenvalue weighted by atomic mass is 10.1. The van der Waals surface area contributed by atoms with Crippen molar-refractivity contribution in [1.29, 1.82) is 0 Å². The summed E-state index contributed by atoms with van der Waals surface area (Å²) in [5.41, 5.74) is 0.523. The number of halogens is 4. The van der Waals surface area contributed by atoms with Gasteiger partial charge in [0.15, 0.2) is 0 Å². The molecule has 0 N–H and O–H groups in total. The summed E-state index contributed by atoms with van der Waals surface area (Å²) in [5, 5.41) is -1.07. The van der Waals surface area contributed by atoms with E-state index in [0.717, 1.165) is 0 Å². The topological polar surface area (TPSA) is 0 Å². The highest BCUT2D eigenvalue weighted by Crippen LogP contribution is 2.34. The van der Waals surface area contributed by atoms with Crippen LogP contribution in [0, 0.1) is 0 Å². The minimum absolute atomic E-state index is 0.0415. The molecule has 1 aromatic rings. The van der Waals surface area contributed by atoms with E-state index >= 15 is 0 Å². The van der Waals surface area contributed by atoms with Crippen LogP contribution in [0.4, 0.5) is 13.2 Å². The lowest BCUT2D eigenvalue weighted by Crippen LogP contribution is -2.08.